The molecule has 2 N–H and O–H groups in total. The molecule has 0 radical (unpaired) electrons. The quantitative estimate of drug-likeness (QED) is 0.403. The SMILES string of the molecule is NCCCCCCCCN(C(=O)c1ccccc1Cl)C(=O)c1ccccc1Cl. The lowest BCUT2D eigenvalue weighted by Gasteiger charge is -2.22. The van der Waals surface area contributed by atoms with Crippen molar-refractivity contribution in [3.63, 3.8) is 0 Å². The maximum absolute atomic E-state index is 13.1. The summed E-state index contributed by atoms with van der Waals surface area (Å²) in [6.07, 6.45) is 5.96. The fourth-order valence-corrected chi connectivity index (χ4v) is 3.41. The molecule has 6 heteroatoms. The van der Waals surface area contributed by atoms with E-state index >= 15 is 0 Å². The van der Waals surface area contributed by atoms with Gasteiger partial charge in [-0.15, -0.1) is 0 Å². The predicted molar refractivity (Wildman–Crippen MR) is 115 cm³/mol. The number of nitrogens with zero attached hydrogens (tertiary/aromatic N) is 1. The number of halogens is 2. The monoisotopic (exact) mass is 420 g/mol. The van der Waals surface area contributed by atoms with Crippen molar-refractivity contribution >= 4 is 35.0 Å². The highest BCUT2D eigenvalue weighted by Crippen LogP contribution is 2.22. The first-order valence-electron chi connectivity index (χ1n) is 9.61. The normalized spacial score (nSPS) is 10.7. The summed E-state index contributed by atoms with van der Waals surface area (Å²) in [5, 5.41) is 0.650. The minimum Gasteiger partial charge on any atom is -0.330 e. The molecule has 0 bridgehead atoms. The lowest BCUT2D eigenvalue weighted by molar-refractivity contribution is 0.0613. The minimum atomic E-state index is -0.404. The summed E-state index contributed by atoms with van der Waals surface area (Å²) in [6.45, 7) is 1.04. The lowest BCUT2D eigenvalue weighted by atomic mass is 10.1. The summed E-state index contributed by atoms with van der Waals surface area (Å²) in [5.41, 5.74) is 6.13. The average molecular weight is 421 g/mol. The molecule has 0 saturated heterocycles. The third-order valence-corrected chi connectivity index (χ3v) is 5.19. The largest absolute Gasteiger partial charge is 0.330 e. The predicted octanol–water partition coefficient (Wildman–Crippen LogP) is 5.58. The Kier molecular flexibility index (Phi) is 9.48. The van der Waals surface area contributed by atoms with Gasteiger partial charge >= 0.3 is 0 Å². The fraction of sp³-hybridized carbons (Fsp3) is 0.364. The molecule has 2 amide bonds. The Morgan fingerprint density at radius 2 is 1.14 bits per heavy atom. The summed E-state index contributed by atoms with van der Waals surface area (Å²) in [4.78, 5) is 27.4. The number of amides is 2. The van der Waals surface area contributed by atoms with E-state index in [4.69, 9.17) is 28.9 Å². The fourth-order valence-electron chi connectivity index (χ4n) is 2.98. The first-order chi connectivity index (χ1) is 13.6. The Balaban J connectivity index is 2.12. The second-order valence-corrected chi connectivity index (χ2v) is 7.45. The van der Waals surface area contributed by atoms with Gasteiger partial charge in [0.25, 0.3) is 11.8 Å². The van der Waals surface area contributed by atoms with E-state index in [1.54, 1.807) is 48.5 Å². The van der Waals surface area contributed by atoms with Crippen molar-refractivity contribution in [2.75, 3.05) is 13.1 Å². The number of nitrogens with two attached hydrogens (primary N) is 1. The number of carbonyl (C=O) groups excluding carboxylic acids is 2. The molecule has 0 aliphatic carbocycles. The zero-order valence-electron chi connectivity index (χ0n) is 15.9. The van der Waals surface area contributed by atoms with E-state index in [0.717, 1.165) is 38.5 Å². The van der Waals surface area contributed by atoms with Crippen LogP contribution in [0.25, 0.3) is 0 Å². The number of carbonyl (C=O) groups is 2. The molecule has 2 rings (SSSR count). The third kappa shape index (κ3) is 6.33. The van der Waals surface area contributed by atoms with E-state index in [-0.39, 0.29) is 0 Å². The van der Waals surface area contributed by atoms with Gasteiger partial charge in [0, 0.05) is 6.54 Å². The van der Waals surface area contributed by atoms with E-state index < -0.39 is 11.8 Å². The maximum atomic E-state index is 13.1. The van der Waals surface area contributed by atoms with Crippen LogP contribution in [0.4, 0.5) is 0 Å². The molecule has 0 saturated carbocycles. The van der Waals surface area contributed by atoms with Crippen molar-refractivity contribution in [1.29, 1.82) is 0 Å². The lowest BCUT2D eigenvalue weighted by Crippen LogP contribution is -2.38. The summed E-state index contributed by atoms with van der Waals surface area (Å²) in [5.74, 6) is -0.808. The van der Waals surface area contributed by atoms with Gasteiger partial charge in [-0.1, -0.05) is 73.2 Å². The van der Waals surface area contributed by atoms with Crippen LogP contribution in [0.3, 0.4) is 0 Å². The molecule has 0 fully saturated rings. The van der Waals surface area contributed by atoms with Gasteiger partial charge in [0.15, 0.2) is 0 Å². The zero-order chi connectivity index (χ0) is 20.4. The van der Waals surface area contributed by atoms with Crippen molar-refractivity contribution in [1.82, 2.24) is 4.90 Å². The molecule has 0 spiro atoms. The Morgan fingerprint density at radius 1 is 0.714 bits per heavy atom. The zero-order valence-corrected chi connectivity index (χ0v) is 17.4. The number of imide groups is 1. The minimum absolute atomic E-state index is 0.313. The third-order valence-electron chi connectivity index (χ3n) is 4.53. The smallest absolute Gasteiger partial charge is 0.262 e. The highest BCUT2D eigenvalue weighted by Gasteiger charge is 2.26. The van der Waals surface area contributed by atoms with E-state index in [1.165, 1.54) is 4.90 Å². The molecule has 0 unspecified atom stereocenters. The number of benzene rings is 2. The van der Waals surface area contributed by atoms with Crippen LogP contribution in [0.2, 0.25) is 10.0 Å². The molecule has 150 valence electrons. The van der Waals surface area contributed by atoms with Crippen LogP contribution >= 0.6 is 23.2 Å². The van der Waals surface area contributed by atoms with Crippen LogP contribution in [0.1, 0.15) is 59.2 Å². The molecular weight excluding hydrogens is 395 g/mol. The number of hydrogen-bond acceptors (Lipinski definition) is 3. The average Bonchev–Trinajstić information content (AvgIpc) is 2.70. The van der Waals surface area contributed by atoms with Gasteiger partial charge in [-0.05, 0) is 43.7 Å². The summed E-state index contributed by atoms with van der Waals surface area (Å²) in [6, 6.07) is 13.5. The van der Waals surface area contributed by atoms with Crippen LogP contribution in [0.5, 0.6) is 0 Å². The van der Waals surface area contributed by atoms with Gasteiger partial charge in [-0.25, -0.2) is 0 Å². The number of rotatable bonds is 10. The molecule has 0 aliphatic heterocycles. The van der Waals surface area contributed by atoms with Crippen molar-refractivity contribution in [3.05, 3.63) is 69.7 Å². The molecular formula is C22H26Cl2N2O2. The van der Waals surface area contributed by atoms with Crippen molar-refractivity contribution in [2.45, 2.75) is 38.5 Å². The van der Waals surface area contributed by atoms with E-state index in [9.17, 15) is 9.59 Å². The van der Waals surface area contributed by atoms with Gasteiger partial charge < -0.3 is 5.73 Å². The van der Waals surface area contributed by atoms with Crippen molar-refractivity contribution < 1.29 is 9.59 Å². The van der Waals surface area contributed by atoms with Crippen LogP contribution in [0, 0.1) is 0 Å². The highest BCUT2D eigenvalue weighted by atomic mass is 35.5. The second-order valence-electron chi connectivity index (χ2n) is 6.63. The molecule has 2 aromatic rings. The van der Waals surface area contributed by atoms with E-state index in [1.807, 2.05) is 0 Å². The Bertz CT molecular complexity index is 738. The second kappa shape index (κ2) is 11.8. The van der Waals surface area contributed by atoms with Gasteiger partial charge in [0.05, 0.1) is 21.2 Å². The number of hydrogen-bond donors (Lipinski definition) is 1. The Hall–Kier alpha value is -1.88. The summed E-state index contributed by atoms with van der Waals surface area (Å²) in [7, 11) is 0. The molecule has 0 heterocycles. The molecule has 4 nitrogen and oxygen atoms in total. The maximum Gasteiger partial charge on any atom is 0.262 e. The first-order valence-corrected chi connectivity index (χ1v) is 10.4. The van der Waals surface area contributed by atoms with Crippen LogP contribution in [0.15, 0.2) is 48.5 Å². The first kappa shape index (κ1) is 22.4. The standard InChI is InChI=1S/C22H26Cl2N2O2/c23-19-13-7-5-11-17(19)21(27)26(16-10-4-2-1-3-9-15-25)22(28)18-12-6-8-14-20(18)24/h5-8,11-14H,1-4,9-10,15-16,25H2. The molecule has 0 aliphatic rings. The Labute approximate surface area is 176 Å². The number of unbranched alkanes of at least 4 members (excludes halogenated alkanes) is 5. The van der Waals surface area contributed by atoms with Gasteiger partial charge in [0.2, 0.25) is 0 Å². The van der Waals surface area contributed by atoms with E-state index in [2.05, 4.69) is 0 Å². The highest BCUT2D eigenvalue weighted by molar-refractivity contribution is 6.35. The van der Waals surface area contributed by atoms with Crippen LogP contribution in [-0.4, -0.2) is 29.8 Å². The van der Waals surface area contributed by atoms with Crippen LogP contribution in [-0.2, 0) is 0 Å². The summed E-state index contributed by atoms with van der Waals surface area (Å²) >= 11 is 12.4. The Morgan fingerprint density at radius 3 is 1.61 bits per heavy atom. The van der Waals surface area contributed by atoms with Crippen LogP contribution < -0.4 is 5.73 Å². The van der Waals surface area contributed by atoms with Gasteiger partial charge in [-0.2, -0.15) is 0 Å². The van der Waals surface area contributed by atoms with Gasteiger partial charge in [-0.3, -0.25) is 14.5 Å². The molecule has 28 heavy (non-hydrogen) atoms. The van der Waals surface area contributed by atoms with Crippen molar-refractivity contribution in [2.24, 2.45) is 5.73 Å². The molecule has 0 aromatic heterocycles. The van der Waals surface area contributed by atoms with Crippen molar-refractivity contribution in [3.8, 4) is 0 Å². The summed E-state index contributed by atoms with van der Waals surface area (Å²) < 4.78 is 0. The van der Waals surface area contributed by atoms with Gasteiger partial charge in [0.1, 0.15) is 0 Å². The topological polar surface area (TPSA) is 63.4 Å². The molecule has 2 aromatic carbocycles. The van der Waals surface area contributed by atoms with E-state index in [0.29, 0.717) is 34.3 Å². The molecule has 0 atom stereocenters.